The van der Waals surface area contributed by atoms with Crippen molar-refractivity contribution >= 4 is 75.1 Å². The topological polar surface area (TPSA) is 430 Å². The van der Waals surface area contributed by atoms with Crippen LogP contribution in [0.3, 0.4) is 0 Å². The number of nitrogens with zero attached hydrogens (tertiary/aromatic N) is 4. The molecule has 9 unspecified atom stereocenters. The molecule has 1 saturated heterocycles. The number of ether oxygens (including phenoxy) is 2. The molecule has 2 aromatic heterocycles. The molecule has 1 aliphatic heterocycles. The van der Waals surface area contributed by atoms with Gasteiger partial charge in [0.25, 0.3) is 0 Å². The molecule has 4 rings (SSSR count). The summed E-state index contributed by atoms with van der Waals surface area (Å²) in [5.74, 6) is -4.96. The van der Waals surface area contributed by atoms with Gasteiger partial charge >= 0.3 is 29.4 Å². The summed E-state index contributed by atoms with van der Waals surface area (Å²) in [6, 6.07) is 0. The van der Waals surface area contributed by atoms with Crippen molar-refractivity contribution in [2.75, 3.05) is 37.8 Å². The van der Waals surface area contributed by atoms with Gasteiger partial charge in [0, 0.05) is 30.7 Å². The molecule has 0 spiro atoms. The smallest absolute Gasteiger partial charge is 0.475 e. The van der Waals surface area contributed by atoms with Crippen molar-refractivity contribution in [2.45, 2.75) is 57.0 Å². The van der Waals surface area contributed by atoms with Crippen molar-refractivity contribution in [1.29, 1.82) is 0 Å². The fourth-order valence-electron chi connectivity index (χ4n) is 5.52. The summed E-state index contributed by atoms with van der Waals surface area (Å²) in [4.78, 5) is 99.5. The number of hydrogen-bond acceptors (Lipinski definition) is 21. The Bertz CT molecular complexity index is 2250. The zero-order valence-electron chi connectivity index (χ0n) is 32.9. The van der Waals surface area contributed by atoms with Crippen molar-refractivity contribution in [3.63, 3.8) is 0 Å². The number of hydrogen-bond donors (Lipinski definition) is 11. The van der Waals surface area contributed by atoms with Crippen LogP contribution in [0.15, 0.2) is 49.0 Å². The second-order valence-electron chi connectivity index (χ2n) is 14.0. The van der Waals surface area contributed by atoms with Crippen molar-refractivity contribution in [2.24, 2.45) is 11.3 Å². The number of aliphatic carboxylic acids is 1. The molecule has 2 aromatic rings. The van der Waals surface area contributed by atoms with E-state index < -0.39 is 113 Å². The van der Waals surface area contributed by atoms with E-state index >= 15 is 0 Å². The second kappa shape index (κ2) is 21.3. The fraction of sp³-hybridized carbons (Fsp3) is 0.516. The molecule has 12 N–H and O–H groups in total. The Hall–Kier alpha value is -3.99. The van der Waals surface area contributed by atoms with E-state index in [-0.39, 0.29) is 48.0 Å². The quantitative estimate of drug-likeness (QED) is 0.0267. The van der Waals surface area contributed by atoms with Gasteiger partial charge in [0.05, 0.1) is 25.5 Å². The molecule has 350 valence electrons. The minimum Gasteiger partial charge on any atom is -0.475 e. The third-order valence-electron chi connectivity index (χ3n) is 8.71. The molecular weight excluding hydrogens is 931 g/mol. The lowest BCUT2D eigenvalue weighted by atomic mass is 9.87. The zero-order valence-corrected chi connectivity index (χ0v) is 36.4. The molecule has 32 heteroatoms. The highest BCUT2D eigenvalue weighted by Gasteiger charge is 2.50. The minimum atomic E-state index is -5.61. The summed E-state index contributed by atoms with van der Waals surface area (Å²) in [6.07, 6.45) is -4.63. The number of amides is 2. The third-order valence-corrected chi connectivity index (χ3v) is 12.8. The number of anilines is 1. The van der Waals surface area contributed by atoms with Gasteiger partial charge in [-0.1, -0.05) is 37.8 Å². The standard InChI is InChI=1S/C31H44N7O21P3S/c1-15(29(44)45)56-17-6-4-5-16(21(17)40)30(46)63-10-9-33-19(39)7-8-34-27(43)24(42)31(2,3)12-55-62(52,53)59-61(50,51)54-11-18-23(58-60(47,48)49)22(41)28(57-18)38-14-37-20-25(32)35-13-36-26(20)38/h4-6,13-14,16,18,21-24,28,40-42H,1,7-12H2,2-3H3,(H,33,39)(H,34,43)(H,44,45)(H,50,51)(H,52,53)(H2,32,35,36)(H2,47,48,49). The van der Waals surface area contributed by atoms with Crippen molar-refractivity contribution < 1.29 is 100 Å². The third kappa shape index (κ3) is 14.5. The number of carbonyl (C=O) groups excluding carboxylic acids is 3. The van der Waals surface area contributed by atoms with E-state index in [9.17, 15) is 67.8 Å². The summed E-state index contributed by atoms with van der Waals surface area (Å²) >= 11 is 0.775. The van der Waals surface area contributed by atoms with Gasteiger partial charge in [0.2, 0.25) is 17.6 Å². The highest BCUT2D eigenvalue weighted by molar-refractivity contribution is 8.13. The van der Waals surface area contributed by atoms with Crippen LogP contribution in [0.1, 0.15) is 26.5 Å². The van der Waals surface area contributed by atoms with Crippen LogP contribution in [-0.2, 0) is 60.2 Å². The molecule has 1 fully saturated rings. The van der Waals surface area contributed by atoms with E-state index in [0.717, 1.165) is 29.0 Å². The number of fused-ring (bicyclic) bond motifs is 1. The molecule has 63 heavy (non-hydrogen) atoms. The van der Waals surface area contributed by atoms with E-state index in [1.807, 2.05) is 0 Å². The van der Waals surface area contributed by atoms with Crippen molar-refractivity contribution in [1.82, 2.24) is 30.2 Å². The van der Waals surface area contributed by atoms with E-state index in [1.54, 1.807) is 0 Å². The number of allylic oxidation sites excluding steroid dienone is 2. The molecule has 28 nitrogen and oxygen atoms in total. The number of imidazole rings is 1. The first-order valence-corrected chi connectivity index (χ1v) is 23.4. The van der Waals surface area contributed by atoms with Gasteiger partial charge in [0.15, 0.2) is 22.8 Å². The van der Waals surface area contributed by atoms with Gasteiger partial charge in [-0.3, -0.25) is 32.5 Å². The molecule has 0 aromatic carbocycles. The Morgan fingerprint density at radius 3 is 2.40 bits per heavy atom. The highest BCUT2D eigenvalue weighted by Crippen LogP contribution is 2.61. The van der Waals surface area contributed by atoms with Crippen LogP contribution in [0.2, 0.25) is 0 Å². The predicted molar refractivity (Wildman–Crippen MR) is 212 cm³/mol. The van der Waals surface area contributed by atoms with E-state index in [1.165, 1.54) is 32.1 Å². The summed E-state index contributed by atoms with van der Waals surface area (Å²) in [7, 11) is -16.5. The van der Waals surface area contributed by atoms with Crippen LogP contribution in [0.5, 0.6) is 0 Å². The van der Waals surface area contributed by atoms with Crippen LogP contribution in [0.25, 0.3) is 11.2 Å². The normalized spacial score (nSPS) is 23.9. The van der Waals surface area contributed by atoms with Crippen LogP contribution in [0, 0.1) is 11.3 Å². The molecule has 1 aliphatic carbocycles. The van der Waals surface area contributed by atoms with Crippen LogP contribution in [-0.4, -0.2) is 145 Å². The fourth-order valence-corrected chi connectivity index (χ4v) is 9.15. The Labute approximate surface area is 359 Å². The number of phosphoric acid groups is 3. The largest absolute Gasteiger partial charge is 0.481 e. The number of aliphatic hydroxyl groups excluding tert-OH is 3. The number of phosphoric ester groups is 3. The second-order valence-corrected chi connectivity index (χ2v) is 19.3. The maximum atomic E-state index is 12.7. The number of nitrogens with two attached hydrogens (primary N) is 1. The highest BCUT2D eigenvalue weighted by atomic mass is 32.2. The maximum Gasteiger partial charge on any atom is 0.481 e. The predicted octanol–water partition coefficient (Wildman–Crippen LogP) is -1.29. The van der Waals surface area contributed by atoms with Gasteiger partial charge in [-0.2, -0.15) is 4.31 Å². The first kappa shape index (κ1) is 51.6. The number of rotatable bonds is 23. The lowest BCUT2D eigenvalue weighted by Gasteiger charge is -2.30. The van der Waals surface area contributed by atoms with E-state index in [0.29, 0.717) is 0 Å². The van der Waals surface area contributed by atoms with Crippen molar-refractivity contribution in [3.8, 4) is 0 Å². The number of aromatic nitrogens is 4. The molecular formula is C31H44N7O21P3S. The van der Waals surface area contributed by atoms with Crippen LogP contribution >= 0.6 is 35.2 Å². The Balaban J connectivity index is 1.19. The zero-order chi connectivity index (χ0) is 47.1. The molecule has 0 saturated carbocycles. The van der Waals surface area contributed by atoms with Gasteiger partial charge < -0.3 is 65.8 Å². The average molecular weight is 976 g/mol. The average Bonchev–Trinajstić information content (AvgIpc) is 3.75. The summed E-state index contributed by atoms with van der Waals surface area (Å²) in [6.45, 7) is 3.22. The van der Waals surface area contributed by atoms with Crippen LogP contribution < -0.4 is 16.4 Å². The van der Waals surface area contributed by atoms with Gasteiger partial charge in [-0.05, 0) is 12.7 Å². The first-order valence-electron chi connectivity index (χ1n) is 17.9. The molecule has 2 amide bonds. The number of thioether (sulfide) groups is 1. The van der Waals surface area contributed by atoms with E-state index in [2.05, 4.69) is 41.0 Å². The first-order chi connectivity index (χ1) is 29.2. The number of carbonyl (C=O) groups is 4. The Morgan fingerprint density at radius 1 is 1.05 bits per heavy atom. The summed E-state index contributed by atoms with van der Waals surface area (Å²) < 4.78 is 67.2. The van der Waals surface area contributed by atoms with Gasteiger partial charge in [0.1, 0.15) is 48.1 Å². The number of carboxylic acid groups (broad SMARTS) is 1. The summed E-state index contributed by atoms with van der Waals surface area (Å²) in [5.41, 5.74) is 4.16. The molecule has 3 heterocycles. The Morgan fingerprint density at radius 2 is 1.73 bits per heavy atom. The number of nitrogen functional groups attached to an aromatic ring is 1. The molecule has 9 atom stereocenters. The minimum absolute atomic E-state index is 0.00727. The lowest BCUT2D eigenvalue weighted by Crippen LogP contribution is -2.46. The van der Waals surface area contributed by atoms with E-state index in [4.69, 9.17) is 29.4 Å². The molecule has 2 aliphatic rings. The van der Waals surface area contributed by atoms with Gasteiger partial charge in [-0.15, -0.1) is 0 Å². The number of aliphatic hydroxyl groups is 3. The lowest BCUT2D eigenvalue weighted by molar-refractivity contribution is -0.137. The number of nitrogens with one attached hydrogen (secondary N) is 2. The molecule has 0 bridgehead atoms. The van der Waals surface area contributed by atoms with Crippen molar-refractivity contribution in [3.05, 3.63) is 49.0 Å². The SMILES string of the molecule is C=C(OC1=CC=CC(C(=O)SCCNC(=O)CCNC(=O)C(O)C(C)(C)COP(=O)(O)OP(=O)(O)OCC2OC(n3cnc4c(N)ncnc43)C(O)C2OP(=O)(O)O)C1O)C(=O)O. The maximum absolute atomic E-state index is 12.7. The van der Waals surface area contributed by atoms with Crippen LogP contribution in [0.4, 0.5) is 5.82 Å². The summed E-state index contributed by atoms with van der Waals surface area (Å²) in [5, 5.41) is 45.1. The number of carboxylic acids is 1. The molecule has 0 radical (unpaired) electrons. The monoisotopic (exact) mass is 975 g/mol. The Kier molecular flexibility index (Phi) is 17.5. The van der Waals surface area contributed by atoms with Gasteiger partial charge in [-0.25, -0.2) is 33.4 Å².